The summed E-state index contributed by atoms with van der Waals surface area (Å²) in [5, 5.41) is 6.49. The molecule has 29 heavy (non-hydrogen) atoms. The number of halogens is 2. The van der Waals surface area contributed by atoms with Gasteiger partial charge in [0.2, 0.25) is 5.91 Å². The standard InChI is InChI=1S/C21H33FN4O2.HI/c1-5-6-11-23-21(24-13-20(27)26(3)4)25-15(2)17-9-10-19(18(22)12-17)28-14-16-7-8-16;/h9-10,12,15-16H,5-8,11,13-14H2,1-4H3,(H2,23,24,25);1H. The monoisotopic (exact) mass is 520 g/mol. The molecule has 8 heteroatoms. The fraction of sp³-hybridized carbons (Fsp3) is 0.619. The third-order valence-electron chi connectivity index (χ3n) is 4.67. The molecule has 0 heterocycles. The van der Waals surface area contributed by atoms with Crippen LogP contribution in [0.15, 0.2) is 23.2 Å². The second-order valence-electron chi connectivity index (χ2n) is 7.54. The molecule has 164 valence electrons. The number of benzene rings is 1. The molecule has 0 aromatic heterocycles. The Morgan fingerprint density at radius 3 is 2.69 bits per heavy atom. The summed E-state index contributed by atoms with van der Waals surface area (Å²) >= 11 is 0. The summed E-state index contributed by atoms with van der Waals surface area (Å²) in [6.45, 7) is 5.45. The molecule has 1 saturated carbocycles. The van der Waals surface area contributed by atoms with Crippen LogP contribution < -0.4 is 15.4 Å². The second-order valence-corrected chi connectivity index (χ2v) is 7.54. The van der Waals surface area contributed by atoms with Crippen molar-refractivity contribution in [3.05, 3.63) is 29.6 Å². The molecule has 0 bridgehead atoms. The van der Waals surface area contributed by atoms with Crippen molar-refractivity contribution >= 4 is 35.8 Å². The summed E-state index contributed by atoms with van der Waals surface area (Å²) in [6, 6.07) is 4.86. The van der Waals surface area contributed by atoms with Gasteiger partial charge in [-0.1, -0.05) is 19.4 Å². The third kappa shape index (κ3) is 9.18. The Kier molecular flexibility index (Phi) is 11.3. The van der Waals surface area contributed by atoms with Crippen LogP contribution in [0.25, 0.3) is 0 Å². The first-order chi connectivity index (χ1) is 13.4. The lowest BCUT2D eigenvalue weighted by Gasteiger charge is -2.19. The summed E-state index contributed by atoms with van der Waals surface area (Å²) in [4.78, 5) is 17.7. The zero-order valence-electron chi connectivity index (χ0n) is 17.8. The summed E-state index contributed by atoms with van der Waals surface area (Å²) < 4.78 is 19.9. The number of amides is 1. The topological polar surface area (TPSA) is 66.0 Å². The summed E-state index contributed by atoms with van der Waals surface area (Å²) in [5.41, 5.74) is 0.792. The van der Waals surface area contributed by atoms with Crippen LogP contribution in [0, 0.1) is 11.7 Å². The molecule has 1 aliphatic carbocycles. The lowest BCUT2D eigenvalue weighted by molar-refractivity contribution is -0.127. The van der Waals surface area contributed by atoms with Gasteiger partial charge in [0.05, 0.1) is 12.6 Å². The van der Waals surface area contributed by atoms with Crippen molar-refractivity contribution < 1.29 is 13.9 Å². The molecule has 1 aliphatic rings. The van der Waals surface area contributed by atoms with Crippen LogP contribution >= 0.6 is 24.0 Å². The first-order valence-corrected chi connectivity index (χ1v) is 10.1. The lowest BCUT2D eigenvalue weighted by Crippen LogP contribution is -2.40. The van der Waals surface area contributed by atoms with Crippen molar-refractivity contribution in [3.8, 4) is 5.75 Å². The minimum Gasteiger partial charge on any atom is -0.490 e. The van der Waals surface area contributed by atoms with E-state index in [4.69, 9.17) is 4.74 Å². The maximum Gasteiger partial charge on any atom is 0.243 e. The molecule has 0 spiro atoms. The highest BCUT2D eigenvalue weighted by Gasteiger charge is 2.22. The highest BCUT2D eigenvalue weighted by molar-refractivity contribution is 14.0. The molecule has 1 unspecified atom stereocenters. The van der Waals surface area contributed by atoms with Crippen molar-refractivity contribution in [1.29, 1.82) is 0 Å². The fourth-order valence-electron chi connectivity index (χ4n) is 2.51. The van der Waals surface area contributed by atoms with E-state index in [2.05, 4.69) is 22.5 Å². The number of hydrogen-bond donors (Lipinski definition) is 2. The molecule has 1 aromatic rings. The van der Waals surface area contributed by atoms with Gasteiger partial charge in [-0.2, -0.15) is 0 Å². The van der Waals surface area contributed by atoms with Crippen molar-refractivity contribution in [1.82, 2.24) is 15.5 Å². The number of carbonyl (C=O) groups excluding carboxylic acids is 1. The smallest absolute Gasteiger partial charge is 0.243 e. The predicted octanol–water partition coefficient (Wildman–Crippen LogP) is 3.72. The number of rotatable bonds is 10. The van der Waals surface area contributed by atoms with E-state index in [-0.39, 0.29) is 48.3 Å². The van der Waals surface area contributed by atoms with Gasteiger partial charge < -0.3 is 20.3 Å². The molecule has 1 amide bonds. The van der Waals surface area contributed by atoms with Crippen LogP contribution in [-0.2, 0) is 4.79 Å². The minimum atomic E-state index is -0.355. The molecule has 0 saturated heterocycles. The van der Waals surface area contributed by atoms with Crippen LogP contribution in [0.3, 0.4) is 0 Å². The Balaban J connectivity index is 0.00000420. The van der Waals surface area contributed by atoms with Crippen molar-refractivity contribution in [2.45, 2.75) is 45.6 Å². The normalized spacial score (nSPS) is 14.6. The van der Waals surface area contributed by atoms with Crippen LogP contribution in [0.1, 0.15) is 51.1 Å². The van der Waals surface area contributed by atoms with Crippen molar-refractivity contribution in [3.63, 3.8) is 0 Å². The number of ether oxygens (including phenoxy) is 1. The first-order valence-electron chi connectivity index (χ1n) is 10.1. The highest BCUT2D eigenvalue weighted by atomic mass is 127. The Bertz CT molecular complexity index is 681. The van der Waals surface area contributed by atoms with E-state index in [1.165, 1.54) is 23.8 Å². The Labute approximate surface area is 190 Å². The number of carbonyl (C=O) groups is 1. The van der Waals surface area contributed by atoms with Crippen molar-refractivity contribution in [2.75, 3.05) is 33.8 Å². The predicted molar refractivity (Wildman–Crippen MR) is 125 cm³/mol. The van der Waals surface area contributed by atoms with Gasteiger partial charge in [-0.05, 0) is 49.8 Å². The van der Waals surface area contributed by atoms with E-state index in [1.54, 1.807) is 20.2 Å². The summed E-state index contributed by atoms with van der Waals surface area (Å²) in [5.74, 6) is 0.997. The van der Waals surface area contributed by atoms with Crippen LogP contribution in [0.4, 0.5) is 4.39 Å². The van der Waals surface area contributed by atoms with E-state index in [9.17, 15) is 9.18 Å². The minimum absolute atomic E-state index is 0. The van der Waals surface area contributed by atoms with Gasteiger partial charge in [-0.15, -0.1) is 24.0 Å². The average molecular weight is 520 g/mol. The van der Waals surface area contributed by atoms with E-state index in [1.807, 2.05) is 13.0 Å². The lowest BCUT2D eigenvalue weighted by atomic mass is 10.1. The fourth-order valence-corrected chi connectivity index (χ4v) is 2.51. The number of nitrogens with zero attached hydrogens (tertiary/aromatic N) is 2. The number of nitrogens with one attached hydrogen (secondary N) is 2. The molecule has 2 rings (SSSR count). The maximum atomic E-state index is 14.4. The molecular weight excluding hydrogens is 486 g/mol. The SMILES string of the molecule is CCCCNC(=NCC(=O)N(C)C)NC(C)c1ccc(OCC2CC2)c(F)c1.I. The quantitative estimate of drug-likeness (QED) is 0.214. The van der Waals surface area contributed by atoms with Gasteiger partial charge in [-0.25, -0.2) is 9.38 Å². The van der Waals surface area contributed by atoms with Crippen molar-refractivity contribution in [2.24, 2.45) is 10.9 Å². The molecule has 0 radical (unpaired) electrons. The third-order valence-corrected chi connectivity index (χ3v) is 4.67. The number of hydrogen-bond acceptors (Lipinski definition) is 3. The Hall–Kier alpha value is -1.58. The van der Waals surface area contributed by atoms with Gasteiger partial charge >= 0.3 is 0 Å². The van der Waals surface area contributed by atoms with E-state index in [0.29, 0.717) is 24.2 Å². The van der Waals surface area contributed by atoms with Crippen LogP contribution in [0.2, 0.25) is 0 Å². The molecule has 1 fully saturated rings. The zero-order chi connectivity index (χ0) is 20.5. The Morgan fingerprint density at radius 2 is 2.10 bits per heavy atom. The molecule has 6 nitrogen and oxygen atoms in total. The largest absolute Gasteiger partial charge is 0.490 e. The van der Waals surface area contributed by atoms with E-state index < -0.39 is 0 Å². The van der Waals surface area contributed by atoms with Gasteiger partial charge in [0.1, 0.15) is 6.54 Å². The average Bonchev–Trinajstić information content (AvgIpc) is 3.49. The van der Waals surface area contributed by atoms with Crippen LogP contribution in [0.5, 0.6) is 5.75 Å². The Morgan fingerprint density at radius 1 is 1.38 bits per heavy atom. The number of guanidine groups is 1. The van der Waals surface area contributed by atoms with Crippen LogP contribution in [-0.4, -0.2) is 50.6 Å². The summed E-state index contributed by atoms with van der Waals surface area (Å²) in [6.07, 6.45) is 4.40. The first kappa shape index (κ1) is 25.5. The van der Waals surface area contributed by atoms with Gasteiger partial charge in [0, 0.05) is 20.6 Å². The highest BCUT2D eigenvalue weighted by Crippen LogP contribution is 2.30. The summed E-state index contributed by atoms with van der Waals surface area (Å²) in [7, 11) is 3.40. The van der Waals surface area contributed by atoms with E-state index >= 15 is 0 Å². The van der Waals surface area contributed by atoms with Gasteiger partial charge in [-0.3, -0.25) is 4.79 Å². The number of aliphatic imine (C=N–C) groups is 1. The maximum absolute atomic E-state index is 14.4. The zero-order valence-corrected chi connectivity index (χ0v) is 20.2. The number of likely N-dealkylation sites (N-methyl/N-ethyl adjacent to an activating group) is 1. The van der Waals surface area contributed by atoms with Gasteiger partial charge in [0.15, 0.2) is 17.5 Å². The molecule has 0 aliphatic heterocycles. The molecule has 1 aromatic carbocycles. The van der Waals surface area contributed by atoms with E-state index in [0.717, 1.165) is 24.9 Å². The second kappa shape index (κ2) is 12.9. The molecule has 2 N–H and O–H groups in total. The van der Waals surface area contributed by atoms with Gasteiger partial charge in [0.25, 0.3) is 0 Å². The molecular formula is C21H34FIN4O2. The number of unbranched alkanes of at least 4 members (excludes halogenated alkanes) is 1. The molecule has 1 atom stereocenters.